The van der Waals surface area contributed by atoms with E-state index in [2.05, 4.69) is 20.9 Å². The van der Waals surface area contributed by atoms with E-state index in [1.54, 1.807) is 0 Å². The monoisotopic (exact) mass is 315 g/mol. The lowest BCUT2D eigenvalue weighted by atomic mass is 10.1. The molecular weight excluding hydrogens is 304 g/mol. The number of nitrogens with two attached hydrogens (primary N) is 1. The first kappa shape index (κ1) is 13.2. The SMILES string of the molecule is Cn1c(CCN)nc(-c2ccc(F)c(F)c2)c1Br. The maximum atomic E-state index is 13.2. The summed E-state index contributed by atoms with van der Waals surface area (Å²) in [6, 6.07) is 3.72. The summed E-state index contributed by atoms with van der Waals surface area (Å²) in [6.45, 7) is 0.481. The second-order valence-corrected chi connectivity index (χ2v) is 4.65. The van der Waals surface area contributed by atoms with Gasteiger partial charge >= 0.3 is 0 Å². The zero-order chi connectivity index (χ0) is 13.3. The van der Waals surface area contributed by atoms with Gasteiger partial charge in [0.25, 0.3) is 0 Å². The summed E-state index contributed by atoms with van der Waals surface area (Å²) in [5.41, 5.74) is 6.60. The molecule has 0 saturated carbocycles. The molecule has 18 heavy (non-hydrogen) atoms. The normalized spacial score (nSPS) is 10.9. The molecule has 0 aliphatic rings. The van der Waals surface area contributed by atoms with Crippen LogP contribution < -0.4 is 5.73 Å². The Balaban J connectivity index is 2.50. The molecule has 0 aliphatic carbocycles. The first-order chi connectivity index (χ1) is 8.54. The molecule has 0 fully saturated rings. The Morgan fingerprint density at radius 1 is 1.33 bits per heavy atom. The van der Waals surface area contributed by atoms with Gasteiger partial charge in [0.1, 0.15) is 16.1 Å². The van der Waals surface area contributed by atoms with Gasteiger partial charge in [-0.2, -0.15) is 0 Å². The van der Waals surface area contributed by atoms with E-state index in [4.69, 9.17) is 5.73 Å². The van der Waals surface area contributed by atoms with Crippen LogP contribution in [0.4, 0.5) is 8.78 Å². The summed E-state index contributed by atoms with van der Waals surface area (Å²) >= 11 is 3.39. The van der Waals surface area contributed by atoms with Crippen LogP contribution in [0.25, 0.3) is 11.3 Å². The Morgan fingerprint density at radius 2 is 2.06 bits per heavy atom. The van der Waals surface area contributed by atoms with Crippen LogP contribution in [0, 0.1) is 11.6 Å². The standard InChI is InChI=1S/C12H12BrF2N3/c1-18-10(4-5-16)17-11(12(18)13)7-2-3-8(14)9(15)6-7/h2-3,6H,4-5,16H2,1H3. The molecule has 0 spiro atoms. The molecule has 6 heteroatoms. The molecule has 0 bridgehead atoms. The molecule has 2 aromatic rings. The largest absolute Gasteiger partial charge is 0.330 e. The molecule has 0 saturated heterocycles. The topological polar surface area (TPSA) is 43.8 Å². The van der Waals surface area contributed by atoms with Gasteiger partial charge in [-0.15, -0.1) is 0 Å². The van der Waals surface area contributed by atoms with Crippen LogP contribution in [0.2, 0.25) is 0 Å². The van der Waals surface area contributed by atoms with Gasteiger partial charge in [-0.1, -0.05) is 0 Å². The second-order valence-electron chi connectivity index (χ2n) is 3.89. The second kappa shape index (κ2) is 5.16. The Hall–Kier alpha value is -1.27. The summed E-state index contributed by atoms with van der Waals surface area (Å²) in [5.74, 6) is -0.956. The highest BCUT2D eigenvalue weighted by atomic mass is 79.9. The molecule has 2 rings (SSSR count). The Kier molecular flexibility index (Phi) is 3.77. The Labute approximate surface area is 112 Å². The average Bonchev–Trinajstić information content (AvgIpc) is 2.62. The molecule has 1 heterocycles. The maximum absolute atomic E-state index is 13.2. The number of hydrogen-bond acceptors (Lipinski definition) is 2. The molecule has 3 nitrogen and oxygen atoms in total. The van der Waals surface area contributed by atoms with E-state index in [9.17, 15) is 8.78 Å². The third kappa shape index (κ3) is 2.30. The molecule has 2 N–H and O–H groups in total. The highest BCUT2D eigenvalue weighted by Gasteiger charge is 2.15. The number of benzene rings is 1. The molecule has 0 atom stereocenters. The van der Waals surface area contributed by atoms with Crippen LogP contribution >= 0.6 is 15.9 Å². The van der Waals surface area contributed by atoms with E-state index < -0.39 is 11.6 Å². The summed E-state index contributed by atoms with van der Waals surface area (Å²) < 4.78 is 28.7. The fraction of sp³-hybridized carbons (Fsp3) is 0.250. The predicted molar refractivity (Wildman–Crippen MR) is 69.0 cm³/mol. The van der Waals surface area contributed by atoms with Gasteiger partial charge in [-0.25, -0.2) is 13.8 Å². The van der Waals surface area contributed by atoms with Crippen molar-refractivity contribution in [3.63, 3.8) is 0 Å². The van der Waals surface area contributed by atoms with Crippen LogP contribution in [-0.4, -0.2) is 16.1 Å². The highest BCUT2D eigenvalue weighted by molar-refractivity contribution is 9.10. The van der Waals surface area contributed by atoms with Crippen molar-refractivity contribution in [3.05, 3.63) is 40.3 Å². The summed E-state index contributed by atoms with van der Waals surface area (Å²) in [4.78, 5) is 4.39. The number of hydrogen-bond donors (Lipinski definition) is 1. The van der Waals surface area contributed by atoms with Gasteiger partial charge in [0.05, 0.1) is 0 Å². The number of nitrogens with zero attached hydrogens (tertiary/aromatic N) is 2. The van der Waals surface area contributed by atoms with Crippen molar-refractivity contribution in [2.75, 3.05) is 6.54 Å². The van der Waals surface area contributed by atoms with Gasteiger partial charge in [-0.05, 0) is 40.7 Å². The Bertz CT molecular complexity index is 581. The molecule has 1 aromatic heterocycles. The van der Waals surface area contributed by atoms with Gasteiger partial charge in [0, 0.05) is 19.0 Å². The van der Waals surface area contributed by atoms with Gasteiger partial charge in [-0.3, -0.25) is 0 Å². The fourth-order valence-corrected chi connectivity index (χ4v) is 2.22. The fourth-order valence-electron chi connectivity index (χ4n) is 1.70. The quantitative estimate of drug-likeness (QED) is 0.946. The number of imidazole rings is 1. The first-order valence-corrected chi connectivity index (χ1v) is 6.20. The van der Waals surface area contributed by atoms with Crippen molar-refractivity contribution < 1.29 is 8.78 Å². The van der Waals surface area contributed by atoms with Crippen LogP contribution in [0.15, 0.2) is 22.8 Å². The average molecular weight is 316 g/mol. The van der Waals surface area contributed by atoms with Crippen LogP contribution in [0.5, 0.6) is 0 Å². The van der Waals surface area contributed by atoms with Crippen molar-refractivity contribution in [1.82, 2.24) is 9.55 Å². The maximum Gasteiger partial charge on any atom is 0.159 e. The molecule has 0 radical (unpaired) electrons. The van der Waals surface area contributed by atoms with Crippen molar-refractivity contribution in [2.24, 2.45) is 12.8 Å². The van der Waals surface area contributed by atoms with Crippen molar-refractivity contribution >= 4 is 15.9 Å². The third-order valence-electron chi connectivity index (χ3n) is 2.68. The van der Waals surface area contributed by atoms with E-state index in [0.29, 0.717) is 24.2 Å². The molecular formula is C12H12BrF2N3. The van der Waals surface area contributed by atoms with E-state index in [1.807, 2.05) is 11.6 Å². The lowest BCUT2D eigenvalue weighted by Crippen LogP contribution is -2.07. The summed E-state index contributed by atoms with van der Waals surface area (Å²) in [7, 11) is 1.84. The van der Waals surface area contributed by atoms with Gasteiger partial charge < -0.3 is 10.3 Å². The van der Waals surface area contributed by atoms with Crippen LogP contribution in [0.1, 0.15) is 5.82 Å². The van der Waals surface area contributed by atoms with Crippen LogP contribution in [-0.2, 0) is 13.5 Å². The van der Waals surface area contributed by atoms with Crippen molar-refractivity contribution in [2.45, 2.75) is 6.42 Å². The minimum Gasteiger partial charge on any atom is -0.330 e. The molecule has 0 unspecified atom stereocenters. The van der Waals surface area contributed by atoms with E-state index in [-0.39, 0.29) is 0 Å². The van der Waals surface area contributed by atoms with Crippen molar-refractivity contribution in [1.29, 1.82) is 0 Å². The number of halogens is 3. The molecule has 96 valence electrons. The lowest BCUT2D eigenvalue weighted by molar-refractivity contribution is 0.509. The minimum absolute atomic E-state index is 0.481. The first-order valence-electron chi connectivity index (χ1n) is 5.41. The zero-order valence-corrected chi connectivity index (χ0v) is 11.3. The molecule has 0 amide bonds. The predicted octanol–water partition coefficient (Wildman–Crippen LogP) is 2.63. The molecule has 0 aliphatic heterocycles. The third-order valence-corrected chi connectivity index (χ3v) is 3.59. The van der Waals surface area contributed by atoms with Crippen LogP contribution in [0.3, 0.4) is 0 Å². The summed E-state index contributed by atoms with van der Waals surface area (Å²) in [5, 5.41) is 0. The van der Waals surface area contributed by atoms with Gasteiger partial charge in [0.2, 0.25) is 0 Å². The minimum atomic E-state index is -0.884. The lowest BCUT2D eigenvalue weighted by Gasteiger charge is -2.00. The van der Waals surface area contributed by atoms with Crippen molar-refractivity contribution in [3.8, 4) is 11.3 Å². The Morgan fingerprint density at radius 3 is 2.67 bits per heavy atom. The highest BCUT2D eigenvalue weighted by Crippen LogP contribution is 2.29. The smallest absolute Gasteiger partial charge is 0.159 e. The van der Waals surface area contributed by atoms with E-state index in [1.165, 1.54) is 6.07 Å². The molecule has 1 aromatic carbocycles. The van der Waals surface area contributed by atoms with E-state index in [0.717, 1.165) is 22.6 Å². The van der Waals surface area contributed by atoms with E-state index >= 15 is 0 Å². The number of aromatic nitrogens is 2. The van der Waals surface area contributed by atoms with Gasteiger partial charge in [0.15, 0.2) is 11.6 Å². The zero-order valence-electron chi connectivity index (χ0n) is 9.75. The summed E-state index contributed by atoms with van der Waals surface area (Å²) in [6.07, 6.45) is 0.624. The number of rotatable bonds is 3.